The fourth-order valence-electron chi connectivity index (χ4n) is 2.23. The maximum Gasteiger partial charge on any atom is 0.327 e. The summed E-state index contributed by atoms with van der Waals surface area (Å²) >= 11 is 0. The fourth-order valence-corrected chi connectivity index (χ4v) is 2.23. The van der Waals surface area contributed by atoms with Crippen LogP contribution in [0.5, 0.6) is 0 Å². The van der Waals surface area contributed by atoms with Crippen LogP contribution in [-0.2, 0) is 4.79 Å². The van der Waals surface area contributed by atoms with Crippen LogP contribution in [0.15, 0.2) is 12.2 Å². The Bertz CT molecular complexity index is 210. The minimum absolute atomic E-state index is 0.891. The summed E-state index contributed by atoms with van der Waals surface area (Å²) < 4.78 is 0. The van der Waals surface area contributed by atoms with Gasteiger partial charge in [-0.3, -0.25) is 0 Å². The van der Waals surface area contributed by atoms with Gasteiger partial charge in [-0.2, -0.15) is 0 Å². The highest BCUT2D eigenvalue weighted by molar-refractivity contribution is 5.79. The number of hydrogen-bond acceptors (Lipinski definition) is 1. The minimum Gasteiger partial charge on any atom is -0.478 e. The summed E-state index contributed by atoms with van der Waals surface area (Å²) in [4.78, 5) is 9.51. The predicted octanol–water partition coefficient (Wildman–Crippen LogP) is 6.74. The summed E-state index contributed by atoms with van der Waals surface area (Å²) in [5, 5.41) is 7.83. The molecule has 0 aliphatic carbocycles. The SMILES string of the molecule is CC=CC(=O)O.CCCCCCCCCCCCCCC. The van der Waals surface area contributed by atoms with Gasteiger partial charge in [-0.1, -0.05) is 103 Å². The van der Waals surface area contributed by atoms with E-state index >= 15 is 0 Å². The van der Waals surface area contributed by atoms with Gasteiger partial charge in [0.1, 0.15) is 0 Å². The summed E-state index contributed by atoms with van der Waals surface area (Å²) in [6, 6.07) is 0. The Labute approximate surface area is 133 Å². The molecule has 0 aromatic heterocycles. The number of rotatable bonds is 13. The van der Waals surface area contributed by atoms with Crippen LogP contribution in [0.25, 0.3) is 0 Å². The molecule has 0 heterocycles. The second-order valence-electron chi connectivity index (χ2n) is 5.73. The van der Waals surface area contributed by atoms with Crippen LogP contribution < -0.4 is 0 Å². The van der Waals surface area contributed by atoms with E-state index in [1.165, 1.54) is 89.5 Å². The lowest BCUT2D eigenvalue weighted by atomic mass is 10.1. The highest BCUT2D eigenvalue weighted by Crippen LogP contribution is 2.12. The average molecular weight is 299 g/mol. The summed E-state index contributed by atoms with van der Waals surface area (Å²) in [7, 11) is 0. The van der Waals surface area contributed by atoms with Gasteiger partial charge in [0.25, 0.3) is 0 Å². The number of carboxylic acid groups (broad SMARTS) is 1. The van der Waals surface area contributed by atoms with Crippen LogP contribution in [0.3, 0.4) is 0 Å². The van der Waals surface area contributed by atoms with Crippen LogP contribution in [0.1, 0.15) is 104 Å². The van der Waals surface area contributed by atoms with E-state index in [1.54, 1.807) is 6.92 Å². The van der Waals surface area contributed by atoms with Gasteiger partial charge in [-0.05, 0) is 6.92 Å². The van der Waals surface area contributed by atoms with Gasteiger partial charge in [-0.25, -0.2) is 4.79 Å². The number of hydrogen-bond donors (Lipinski definition) is 1. The van der Waals surface area contributed by atoms with E-state index in [0.717, 1.165) is 6.08 Å². The molecule has 0 aliphatic heterocycles. The Balaban J connectivity index is 0. The summed E-state index contributed by atoms with van der Waals surface area (Å²) in [6.45, 7) is 6.24. The summed E-state index contributed by atoms with van der Waals surface area (Å²) in [5.41, 5.74) is 0. The molecule has 0 saturated carbocycles. The van der Waals surface area contributed by atoms with Crippen molar-refractivity contribution in [2.24, 2.45) is 0 Å². The Morgan fingerprint density at radius 1 is 0.714 bits per heavy atom. The van der Waals surface area contributed by atoms with Crippen molar-refractivity contribution in [2.75, 3.05) is 0 Å². The quantitative estimate of drug-likeness (QED) is 0.302. The molecule has 0 amide bonds. The molecule has 0 aromatic rings. The molecular weight excluding hydrogens is 260 g/mol. The Hall–Kier alpha value is -0.790. The average Bonchev–Trinajstić information content (AvgIpc) is 2.45. The molecule has 0 fully saturated rings. The standard InChI is InChI=1S/C15H32.C4H6O2/c1-3-5-7-9-11-13-15-14-12-10-8-6-4-2;1-2-3-4(5)6/h3-15H2,1-2H3;2-3H,1H3,(H,5,6). The summed E-state index contributed by atoms with van der Waals surface area (Å²) in [5.74, 6) is -0.891. The molecule has 2 nitrogen and oxygen atoms in total. The molecule has 0 bridgehead atoms. The van der Waals surface area contributed by atoms with E-state index < -0.39 is 5.97 Å². The molecule has 126 valence electrons. The van der Waals surface area contributed by atoms with Crippen molar-refractivity contribution < 1.29 is 9.90 Å². The first-order valence-electron chi connectivity index (χ1n) is 9.04. The number of unbranched alkanes of at least 4 members (excludes halogenated alkanes) is 12. The fraction of sp³-hybridized carbons (Fsp3) is 0.842. The zero-order chi connectivity index (χ0) is 16.2. The molecule has 0 aromatic carbocycles. The van der Waals surface area contributed by atoms with Crippen molar-refractivity contribution in [2.45, 2.75) is 104 Å². The minimum atomic E-state index is -0.891. The van der Waals surface area contributed by atoms with Crippen LogP contribution in [0, 0.1) is 0 Å². The normalized spacial score (nSPS) is 10.4. The van der Waals surface area contributed by atoms with Crippen molar-refractivity contribution in [3.05, 3.63) is 12.2 Å². The predicted molar refractivity (Wildman–Crippen MR) is 93.8 cm³/mol. The topological polar surface area (TPSA) is 37.3 Å². The Kier molecular flexibility index (Phi) is 23.0. The zero-order valence-electron chi connectivity index (χ0n) is 14.7. The second kappa shape index (κ2) is 21.5. The third kappa shape index (κ3) is 28.2. The molecular formula is C19H38O2. The second-order valence-corrected chi connectivity index (χ2v) is 5.73. The van der Waals surface area contributed by atoms with Crippen molar-refractivity contribution in [1.29, 1.82) is 0 Å². The van der Waals surface area contributed by atoms with Crippen molar-refractivity contribution in [1.82, 2.24) is 0 Å². The van der Waals surface area contributed by atoms with E-state index in [4.69, 9.17) is 5.11 Å². The van der Waals surface area contributed by atoms with Crippen LogP contribution in [0.2, 0.25) is 0 Å². The molecule has 0 spiro atoms. The molecule has 1 N–H and O–H groups in total. The van der Waals surface area contributed by atoms with E-state index in [-0.39, 0.29) is 0 Å². The maximum atomic E-state index is 9.51. The van der Waals surface area contributed by atoms with Crippen molar-refractivity contribution >= 4 is 5.97 Å². The van der Waals surface area contributed by atoms with Crippen LogP contribution in [0.4, 0.5) is 0 Å². The van der Waals surface area contributed by atoms with E-state index in [0.29, 0.717) is 0 Å². The molecule has 0 saturated heterocycles. The highest BCUT2D eigenvalue weighted by atomic mass is 16.4. The molecule has 0 unspecified atom stereocenters. The third-order valence-electron chi connectivity index (χ3n) is 3.52. The van der Waals surface area contributed by atoms with Gasteiger partial charge < -0.3 is 5.11 Å². The Morgan fingerprint density at radius 3 is 1.14 bits per heavy atom. The zero-order valence-corrected chi connectivity index (χ0v) is 14.7. The number of aliphatic carboxylic acids is 1. The Morgan fingerprint density at radius 2 is 1.00 bits per heavy atom. The van der Waals surface area contributed by atoms with Crippen LogP contribution in [-0.4, -0.2) is 11.1 Å². The number of allylic oxidation sites excluding steroid dienone is 1. The molecule has 2 heteroatoms. The molecule has 0 aliphatic rings. The first-order valence-corrected chi connectivity index (χ1v) is 9.04. The monoisotopic (exact) mass is 298 g/mol. The van der Waals surface area contributed by atoms with Gasteiger partial charge in [0, 0.05) is 6.08 Å². The molecule has 0 rings (SSSR count). The maximum absolute atomic E-state index is 9.51. The largest absolute Gasteiger partial charge is 0.478 e. The lowest BCUT2D eigenvalue weighted by Gasteiger charge is -2.01. The number of carboxylic acids is 1. The first-order chi connectivity index (χ1) is 10.2. The third-order valence-corrected chi connectivity index (χ3v) is 3.52. The molecule has 21 heavy (non-hydrogen) atoms. The van der Waals surface area contributed by atoms with Crippen molar-refractivity contribution in [3.63, 3.8) is 0 Å². The van der Waals surface area contributed by atoms with Crippen molar-refractivity contribution in [3.8, 4) is 0 Å². The highest BCUT2D eigenvalue weighted by Gasteiger charge is 1.92. The smallest absolute Gasteiger partial charge is 0.327 e. The lowest BCUT2D eigenvalue weighted by molar-refractivity contribution is -0.131. The molecule has 0 radical (unpaired) electrons. The van der Waals surface area contributed by atoms with E-state index in [1.807, 2.05) is 0 Å². The first kappa shape index (κ1) is 22.5. The van der Waals surface area contributed by atoms with Gasteiger partial charge in [0.2, 0.25) is 0 Å². The van der Waals surface area contributed by atoms with Gasteiger partial charge in [0.05, 0.1) is 0 Å². The lowest BCUT2D eigenvalue weighted by Crippen LogP contribution is -1.83. The summed E-state index contributed by atoms with van der Waals surface area (Å²) in [6.07, 6.45) is 21.5. The van der Waals surface area contributed by atoms with Gasteiger partial charge in [-0.15, -0.1) is 0 Å². The van der Waals surface area contributed by atoms with Gasteiger partial charge in [0.15, 0.2) is 0 Å². The van der Waals surface area contributed by atoms with Crippen LogP contribution >= 0.6 is 0 Å². The number of carbonyl (C=O) groups is 1. The van der Waals surface area contributed by atoms with E-state index in [9.17, 15) is 4.79 Å². The molecule has 0 atom stereocenters. The van der Waals surface area contributed by atoms with Gasteiger partial charge >= 0.3 is 5.97 Å². The van der Waals surface area contributed by atoms with E-state index in [2.05, 4.69) is 13.8 Å².